The average molecular weight is 315 g/mol. The van der Waals surface area contributed by atoms with Gasteiger partial charge in [0.1, 0.15) is 11.3 Å². The maximum absolute atomic E-state index is 12.3. The first-order valence-electron chi connectivity index (χ1n) is 6.85. The number of amides is 1. The predicted molar refractivity (Wildman–Crippen MR) is 75.9 cm³/mol. The molecule has 0 spiro atoms. The Morgan fingerprint density at radius 3 is 2.55 bits per heavy atom. The van der Waals surface area contributed by atoms with Crippen LogP contribution in [0, 0.1) is 0 Å². The number of benzene rings is 1. The Labute approximate surface area is 127 Å². The van der Waals surface area contributed by atoms with E-state index in [-0.39, 0.29) is 24.2 Å². The van der Waals surface area contributed by atoms with Gasteiger partial charge in [-0.05, 0) is 19.4 Å². The number of hydrogen-bond donors (Lipinski definition) is 2. The van der Waals surface area contributed by atoms with Crippen LogP contribution in [0.15, 0.2) is 24.3 Å². The van der Waals surface area contributed by atoms with E-state index in [9.17, 15) is 23.5 Å². The van der Waals surface area contributed by atoms with Gasteiger partial charge in [0.25, 0.3) is 0 Å². The van der Waals surface area contributed by atoms with Crippen LogP contribution in [0.25, 0.3) is 0 Å². The first kappa shape index (κ1) is 17.9. The number of alkyl halides is 2. The number of rotatable bonds is 8. The monoisotopic (exact) mass is 315 g/mol. The highest BCUT2D eigenvalue weighted by Gasteiger charge is 2.33. The summed E-state index contributed by atoms with van der Waals surface area (Å²) in [4.78, 5) is 23.3. The second kappa shape index (κ2) is 7.72. The van der Waals surface area contributed by atoms with Crippen molar-refractivity contribution in [2.75, 3.05) is 0 Å². The van der Waals surface area contributed by atoms with Gasteiger partial charge in [0.05, 0.1) is 6.42 Å². The highest BCUT2D eigenvalue weighted by atomic mass is 19.3. The van der Waals surface area contributed by atoms with E-state index < -0.39 is 24.0 Å². The maximum Gasteiger partial charge on any atom is 0.387 e. The van der Waals surface area contributed by atoms with Gasteiger partial charge in [0.15, 0.2) is 0 Å². The highest BCUT2D eigenvalue weighted by molar-refractivity contribution is 5.87. The molecule has 0 heterocycles. The standard InChI is InChI=1S/C15H19F2NO4/c1-3-8-15(2,13(20)21)18-12(19)9-10-6-4-5-7-11(10)22-14(16)17/h4-7,14H,3,8-9H2,1-2H3,(H,18,19)(H,20,21). The fourth-order valence-corrected chi connectivity index (χ4v) is 2.11. The molecule has 1 unspecified atom stereocenters. The third-order valence-corrected chi connectivity index (χ3v) is 3.18. The lowest BCUT2D eigenvalue weighted by Crippen LogP contribution is -2.52. The molecule has 22 heavy (non-hydrogen) atoms. The molecule has 1 amide bonds. The van der Waals surface area contributed by atoms with Gasteiger partial charge in [-0.25, -0.2) is 4.79 Å². The Bertz CT molecular complexity index is 536. The fourth-order valence-electron chi connectivity index (χ4n) is 2.11. The third kappa shape index (κ3) is 4.98. The smallest absolute Gasteiger partial charge is 0.387 e. The van der Waals surface area contributed by atoms with E-state index in [1.54, 1.807) is 13.0 Å². The van der Waals surface area contributed by atoms with Gasteiger partial charge in [-0.1, -0.05) is 31.5 Å². The molecule has 0 fully saturated rings. The van der Waals surface area contributed by atoms with Gasteiger partial charge in [-0.3, -0.25) is 4.79 Å². The zero-order valence-electron chi connectivity index (χ0n) is 12.4. The molecule has 1 aromatic rings. The topological polar surface area (TPSA) is 75.6 Å². The van der Waals surface area contributed by atoms with Crippen LogP contribution < -0.4 is 10.1 Å². The molecule has 0 bridgehead atoms. The minimum Gasteiger partial charge on any atom is -0.480 e. The van der Waals surface area contributed by atoms with Crippen LogP contribution in [-0.2, 0) is 16.0 Å². The number of carboxylic acids is 1. The summed E-state index contributed by atoms with van der Waals surface area (Å²) in [6.45, 7) is 0.228. The second-order valence-corrected chi connectivity index (χ2v) is 5.10. The second-order valence-electron chi connectivity index (χ2n) is 5.10. The molecule has 1 aromatic carbocycles. The summed E-state index contributed by atoms with van der Waals surface area (Å²) >= 11 is 0. The molecule has 0 aliphatic rings. The number of carbonyl (C=O) groups is 2. The Kier molecular flexibility index (Phi) is 6.27. The van der Waals surface area contributed by atoms with Crippen molar-refractivity contribution in [2.24, 2.45) is 0 Å². The largest absolute Gasteiger partial charge is 0.480 e. The fraction of sp³-hybridized carbons (Fsp3) is 0.467. The van der Waals surface area contributed by atoms with Crippen LogP contribution in [0.4, 0.5) is 8.78 Å². The Morgan fingerprint density at radius 2 is 2.00 bits per heavy atom. The molecule has 5 nitrogen and oxygen atoms in total. The van der Waals surface area contributed by atoms with Gasteiger partial charge < -0.3 is 15.2 Å². The number of para-hydroxylation sites is 1. The van der Waals surface area contributed by atoms with Crippen molar-refractivity contribution in [1.29, 1.82) is 0 Å². The predicted octanol–water partition coefficient (Wildman–Crippen LogP) is 2.59. The van der Waals surface area contributed by atoms with E-state index in [0.717, 1.165) is 0 Å². The summed E-state index contributed by atoms with van der Waals surface area (Å²) in [5.74, 6) is -1.80. The quantitative estimate of drug-likeness (QED) is 0.773. The van der Waals surface area contributed by atoms with E-state index in [1.807, 2.05) is 0 Å². The summed E-state index contributed by atoms with van der Waals surface area (Å²) < 4.78 is 29.0. The van der Waals surface area contributed by atoms with Gasteiger partial charge >= 0.3 is 12.6 Å². The molecule has 122 valence electrons. The SMILES string of the molecule is CCCC(C)(NC(=O)Cc1ccccc1OC(F)F)C(=O)O. The van der Waals surface area contributed by atoms with Crippen molar-refractivity contribution in [2.45, 2.75) is 45.3 Å². The maximum atomic E-state index is 12.3. The lowest BCUT2D eigenvalue weighted by atomic mass is 9.95. The summed E-state index contributed by atoms with van der Waals surface area (Å²) in [7, 11) is 0. The molecule has 7 heteroatoms. The number of ether oxygens (including phenoxy) is 1. The number of carboxylic acid groups (broad SMARTS) is 1. The van der Waals surface area contributed by atoms with Crippen molar-refractivity contribution in [3.63, 3.8) is 0 Å². The van der Waals surface area contributed by atoms with Crippen LogP contribution in [-0.4, -0.2) is 29.1 Å². The Morgan fingerprint density at radius 1 is 1.36 bits per heavy atom. The van der Waals surface area contributed by atoms with E-state index in [2.05, 4.69) is 10.1 Å². The first-order chi connectivity index (χ1) is 10.3. The van der Waals surface area contributed by atoms with Crippen molar-refractivity contribution < 1.29 is 28.2 Å². The summed E-state index contributed by atoms with van der Waals surface area (Å²) in [5.41, 5.74) is -1.12. The van der Waals surface area contributed by atoms with Crippen molar-refractivity contribution in [3.8, 4) is 5.75 Å². The summed E-state index contributed by atoms with van der Waals surface area (Å²) in [6.07, 6.45) is 0.604. The van der Waals surface area contributed by atoms with Crippen LogP contribution in [0.2, 0.25) is 0 Å². The number of aliphatic carboxylic acids is 1. The van der Waals surface area contributed by atoms with Crippen molar-refractivity contribution in [1.82, 2.24) is 5.32 Å². The van der Waals surface area contributed by atoms with Crippen LogP contribution in [0.1, 0.15) is 32.3 Å². The van der Waals surface area contributed by atoms with Gasteiger partial charge in [-0.2, -0.15) is 8.78 Å². The molecule has 0 aliphatic carbocycles. The molecular formula is C15H19F2NO4. The molecule has 2 N–H and O–H groups in total. The van der Waals surface area contributed by atoms with Crippen LogP contribution in [0.3, 0.4) is 0 Å². The molecule has 1 rings (SSSR count). The molecule has 1 atom stereocenters. The minimum atomic E-state index is -2.99. The van der Waals surface area contributed by atoms with E-state index >= 15 is 0 Å². The van der Waals surface area contributed by atoms with Crippen molar-refractivity contribution in [3.05, 3.63) is 29.8 Å². The molecule has 0 radical (unpaired) electrons. The summed E-state index contributed by atoms with van der Waals surface area (Å²) in [5, 5.41) is 11.7. The first-order valence-corrected chi connectivity index (χ1v) is 6.85. The number of halogens is 2. The van der Waals surface area contributed by atoms with Gasteiger partial charge in [-0.15, -0.1) is 0 Å². The zero-order chi connectivity index (χ0) is 16.8. The molecule has 0 saturated carbocycles. The van der Waals surface area contributed by atoms with Gasteiger partial charge in [0, 0.05) is 5.56 Å². The van der Waals surface area contributed by atoms with Crippen molar-refractivity contribution >= 4 is 11.9 Å². The van der Waals surface area contributed by atoms with E-state index in [0.29, 0.717) is 6.42 Å². The number of carbonyl (C=O) groups excluding carboxylic acids is 1. The van der Waals surface area contributed by atoms with Gasteiger partial charge in [0.2, 0.25) is 5.91 Å². The molecule has 0 aliphatic heterocycles. The van der Waals surface area contributed by atoms with Crippen LogP contribution in [0.5, 0.6) is 5.75 Å². The molecule has 0 aromatic heterocycles. The normalized spacial score (nSPS) is 13.5. The number of nitrogens with one attached hydrogen (secondary N) is 1. The minimum absolute atomic E-state index is 0.0971. The van der Waals surface area contributed by atoms with Crippen LogP contribution >= 0.6 is 0 Å². The number of hydrogen-bond acceptors (Lipinski definition) is 3. The average Bonchev–Trinajstić information content (AvgIpc) is 2.40. The molecular weight excluding hydrogens is 296 g/mol. The highest BCUT2D eigenvalue weighted by Crippen LogP contribution is 2.21. The lowest BCUT2D eigenvalue weighted by molar-refractivity contribution is -0.147. The van der Waals surface area contributed by atoms with E-state index in [4.69, 9.17) is 0 Å². The third-order valence-electron chi connectivity index (χ3n) is 3.18. The summed E-state index contributed by atoms with van der Waals surface area (Å²) in [6, 6.07) is 5.91. The molecule has 0 saturated heterocycles. The Hall–Kier alpha value is -2.18. The van der Waals surface area contributed by atoms with E-state index in [1.165, 1.54) is 25.1 Å². The lowest BCUT2D eigenvalue weighted by Gasteiger charge is -2.26. The Balaban J connectivity index is 2.82. The zero-order valence-corrected chi connectivity index (χ0v) is 12.4.